The molecule has 2 heterocycles. The third-order valence-corrected chi connectivity index (χ3v) is 6.85. The van der Waals surface area contributed by atoms with Gasteiger partial charge in [-0.15, -0.1) is 11.3 Å². The molecule has 3 rings (SSSR count). The maximum Gasteiger partial charge on any atom is 0.185 e. The quantitative estimate of drug-likeness (QED) is 0.765. The van der Waals surface area contributed by atoms with Gasteiger partial charge in [0.25, 0.3) is 0 Å². The van der Waals surface area contributed by atoms with Gasteiger partial charge in [0.05, 0.1) is 13.2 Å². The van der Waals surface area contributed by atoms with Gasteiger partial charge in [0.2, 0.25) is 0 Å². The van der Waals surface area contributed by atoms with E-state index >= 15 is 0 Å². The van der Waals surface area contributed by atoms with E-state index < -0.39 is 0 Å². The summed E-state index contributed by atoms with van der Waals surface area (Å²) in [5.74, 6) is 0. The average Bonchev–Trinajstić information content (AvgIpc) is 3.13. The van der Waals surface area contributed by atoms with Crippen LogP contribution in [0.15, 0.2) is 6.20 Å². The van der Waals surface area contributed by atoms with Gasteiger partial charge in [-0.3, -0.25) is 4.90 Å². The Bertz CT molecular complexity index is 505. The Hall–Kier alpha value is -0.690. The Labute approximate surface area is 156 Å². The summed E-state index contributed by atoms with van der Waals surface area (Å²) >= 11 is 1.83. The molecule has 1 aromatic rings. The fraction of sp³-hybridized carbons (Fsp3) is 0.842. The van der Waals surface area contributed by atoms with Crippen LogP contribution in [0.25, 0.3) is 0 Å². The maximum atomic E-state index is 5.58. The summed E-state index contributed by atoms with van der Waals surface area (Å²) in [6.45, 7) is 12.4. The number of rotatable bonds is 8. The Morgan fingerprint density at radius 3 is 2.60 bits per heavy atom. The number of nitrogens with one attached hydrogen (secondary N) is 1. The fourth-order valence-electron chi connectivity index (χ4n) is 4.29. The summed E-state index contributed by atoms with van der Waals surface area (Å²) in [5, 5.41) is 4.92. The van der Waals surface area contributed by atoms with E-state index in [4.69, 9.17) is 4.74 Å². The molecule has 1 saturated carbocycles. The van der Waals surface area contributed by atoms with Crippen molar-refractivity contribution >= 4 is 16.5 Å². The molecule has 0 atom stereocenters. The molecule has 2 fully saturated rings. The van der Waals surface area contributed by atoms with Crippen molar-refractivity contribution in [2.24, 2.45) is 0 Å². The fourth-order valence-corrected chi connectivity index (χ4v) is 5.30. The van der Waals surface area contributed by atoms with E-state index in [0.29, 0.717) is 5.54 Å². The van der Waals surface area contributed by atoms with Crippen molar-refractivity contribution in [1.29, 1.82) is 0 Å². The topological polar surface area (TPSA) is 40.6 Å². The summed E-state index contributed by atoms with van der Waals surface area (Å²) in [6.07, 6.45) is 8.83. The number of morpholine rings is 1. The van der Waals surface area contributed by atoms with Gasteiger partial charge in [-0.05, 0) is 26.7 Å². The third kappa shape index (κ3) is 4.73. The summed E-state index contributed by atoms with van der Waals surface area (Å²) in [4.78, 5) is 11.0. The van der Waals surface area contributed by atoms with E-state index in [9.17, 15) is 0 Å². The summed E-state index contributed by atoms with van der Waals surface area (Å²) in [6, 6.07) is 0. The molecule has 1 aromatic heterocycles. The predicted molar refractivity (Wildman–Crippen MR) is 106 cm³/mol. The van der Waals surface area contributed by atoms with Crippen LogP contribution < -0.4 is 10.2 Å². The number of aromatic nitrogens is 1. The third-order valence-electron chi connectivity index (χ3n) is 5.79. The molecule has 5 nitrogen and oxygen atoms in total. The highest BCUT2D eigenvalue weighted by molar-refractivity contribution is 7.15. The minimum atomic E-state index is 0.342. The number of nitrogens with zero attached hydrogens (tertiary/aromatic N) is 3. The first-order valence-corrected chi connectivity index (χ1v) is 10.8. The lowest BCUT2D eigenvalue weighted by atomic mass is 9.79. The zero-order valence-corrected chi connectivity index (χ0v) is 16.7. The Kier molecular flexibility index (Phi) is 7.10. The Morgan fingerprint density at radius 2 is 1.92 bits per heavy atom. The highest BCUT2D eigenvalue weighted by Crippen LogP contribution is 2.34. The number of hydrogen-bond acceptors (Lipinski definition) is 6. The SMILES string of the molecule is CCN(CC)c1ncc(CNCC2(N3CCOCC3)CCCCC2)s1. The van der Waals surface area contributed by atoms with Crippen LogP contribution >= 0.6 is 11.3 Å². The van der Waals surface area contributed by atoms with Gasteiger partial charge >= 0.3 is 0 Å². The molecule has 2 aliphatic rings. The summed E-state index contributed by atoms with van der Waals surface area (Å²) < 4.78 is 5.58. The normalized spacial score (nSPS) is 21.4. The van der Waals surface area contributed by atoms with Crippen LogP contribution in [-0.4, -0.2) is 61.4 Å². The highest BCUT2D eigenvalue weighted by atomic mass is 32.1. The van der Waals surface area contributed by atoms with Crippen LogP contribution in [0.3, 0.4) is 0 Å². The molecule has 1 N–H and O–H groups in total. The van der Waals surface area contributed by atoms with Crippen molar-refractivity contribution in [3.63, 3.8) is 0 Å². The van der Waals surface area contributed by atoms with Crippen molar-refractivity contribution < 1.29 is 4.74 Å². The maximum absolute atomic E-state index is 5.58. The zero-order valence-electron chi connectivity index (χ0n) is 15.9. The minimum Gasteiger partial charge on any atom is -0.379 e. The van der Waals surface area contributed by atoms with E-state index in [1.165, 1.54) is 37.0 Å². The van der Waals surface area contributed by atoms with Gasteiger partial charge in [-0.1, -0.05) is 19.3 Å². The van der Waals surface area contributed by atoms with Crippen LogP contribution in [0, 0.1) is 0 Å². The van der Waals surface area contributed by atoms with E-state index in [-0.39, 0.29) is 0 Å². The van der Waals surface area contributed by atoms with Crippen molar-refractivity contribution in [3.05, 3.63) is 11.1 Å². The highest BCUT2D eigenvalue weighted by Gasteiger charge is 2.38. The first kappa shape index (κ1) is 19.1. The lowest BCUT2D eigenvalue weighted by Gasteiger charge is -2.48. The second kappa shape index (κ2) is 9.31. The monoisotopic (exact) mass is 366 g/mol. The molecule has 0 unspecified atom stereocenters. The van der Waals surface area contributed by atoms with Gasteiger partial charge in [0, 0.05) is 55.9 Å². The first-order valence-electron chi connectivity index (χ1n) is 10.0. The Balaban J connectivity index is 1.56. The van der Waals surface area contributed by atoms with E-state index in [0.717, 1.165) is 57.6 Å². The van der Waals surface area contributed by atoms with Crippen molar-refractivity contribution in [3.8, 4) is 0 Å². The molecule has 0 radical (unpaired) electrons. The molecular formula is C19H34N4OS. The number of thiazole rings is 1. The number of anilines is 1. The lowest BCUT2D eigenvalue weighted by molar-refractivity contribution is -0.0369. The van der Waals surface area contributed by atoms with Gasteiger partial charge in [0.15, 0.2) is 5.13 Å². The molecule has 0 amide bonds. The molecule has 6 heteroatoms. The molecule has 142 valence electrons. The van der Waals surface area contributed by atoms with Gasteiger partial charge in [0.1, 0.15) is 0 Å². The van der Waals surface area contributed by atoms with Crippen LogP contribution in [0.4, 0.5) is 5.13 Å². The van der Waals surface area contributed by atoms with Gasteiger partial charge < -0.3 is 15.0 Å². The molecule has 0 bridgehead atoms. The summed E-state index contributed by atoms with van der Waals surface area (Å²) in [7, 11) is 0. The number of hydrogen-bond donors (Lipinski definition) is 1. The minimum absolute atomic E-state index is 0.342. The van der Waals surface area contributed by atoms with E-state index in [1.54, 1.807) is 0 Å². The standard InChI is InChI=1S/C19H34N4OS/c1-3-22(4-2)18-21-15-17(25-18)14-20-16-19(8-6-5-7-9-19)23-10-12-24-13-11-23/h15,20H,3-14,16H2,1-2H3. The van der Waals surface area contributed by atoms with Crippen molar-refractivity contribution in [2.45, 2.75) is 58.0 Å². The van der Waals surface area contributed by atoms with Gasteiger partial charge in [-0.25, -0.2) is 4.98 Å². The average molecular weight is 367 g/mol. The largest absolute Gasteiger partial charge is 0.379 e. The molecular weight excluding hydrogens is 332 g/mol. The smallest absolute Gasteiger partial charge is 0.185 e. The predicted octanol–water partition coefficient (Wildman–Crippen LogP) is 3.11. The lowest BCUT2D eigenvalue weighted by Crippen LogP contribution is -2.59. The van der Waals surface area contributed by atoms with Crippen molar-refractivity contribution in [2.75, 3.05) is 50.8 Å². The van der Waals surface area contributed by atoms with Crippen LogP contribution in [0.2, 0.25) is 0 Å². The molecule has 25 heavy (non-hydrogen) atoms. The molecule has 1 aliphatic heterocycles. The van der Waals surface area contributed by atoms with Gasteiger partial charge in [-0.2, -0.15) is 0 Å². The molecule has 0 spiro atoms. The van der Waals surface area contributed by atoms with Crippen LogP contribution in [0.5, 0.6) is 0 Å². The summed E-state index contributed by atoms with van der Waals surface area (Å²) in [5.41, 5.74) is 0.342. The zero-order chi connectivity index (χ0) is 17.5. The Morgan fingerprint density at radius 1 is 1.20 bits per heavy atom. The van der Waals surface area contributed by atoms with Crippen LogP contribution in [0.1, 0.15) is 50.8 Å². The molecule has 1 saturated heterocycles. The van der Waals surface area contributed by atoms with Crippen molar-refractivity contribution in [1.82, 2.24) is 15.2 Å². The molecule has 0 aromatic carbocycles. The second-order valence-corrected chi connectivity index (χ2v) is 8.36. The first-order chi connectivity index (χ1) is 12.3. The second-order valence-electron chi connectivity index (χ2n) is 7.27. The van der Waals surface area contributed by atoms with Crippen LogP contribution in [-0.2, 0) is 11.3 Å². The van der Waals surface area contributed by atoms with E-state index in [1.807, 2.05) is 17.5 Å². The number of ether oxygens (including phenoxy) is 1. The molecule has 1 aliphatic carbocycles. The van der Waals surface area contributed by atoms with E-state index in [2.05, 4.69) is 33.9 Å².